The number of carbonyl (C=O) groups is 2. The molecule has 0 amide bonds. The van der Waals surface area contributed by atoms with Gasteiger partial charge in [-0.05, 0) is 60.7 Å². The molecule has 20 heteroatoms. The second-order valence-electron chi connectivity index (χ2n) is 14.4. The summed E-state index contributed by atoms with van der Waals surface area (Å²) in [6.07, 6.45) is 4.18. The zero-order chi connectivity index (χ0) is 43.3. The number of hydrogen-bond donors (Lipinski definition) is 2. The average Bonchev–Trinajstić information content (AvgIpc) is 3.18. The Morgan fingerprint density at radius 3 is 1.29 bits per heavy atom. The van der Waals surface area contributed by atoms with Crippen LogP contribution >= 0.6 is 0 Å². The van der Waals surface area contributed by atoms with E-state index in [0.29, 0.717) is 39.1 Å². The third-order valence-electron chi connectivity index (χ3n) is 10.0. The third-order valence-corrected chi connectivity index (χ3v) is 18.4. The number of piperidine rings is 1. The van der Waals surface area contributed by atoms with Crippen molar-refractivity contribution in [1.29, 1.82) is 0 Å². The van der Waals surface area contributed by atoms with Gasteiger partial charge in [-0.15, -0.1) is 0 Å². The molecular formula is C36H81N3O14Si3. The quantitative estimate of drug-likeness (QED) is 0.0662. The van der Waals surface area contributed by atoms with E-state index in [1.54, 1.807) is 71.1 Å². The summed E-state index contributed by atoms with van der Waals surface area (Å²) < 4.78 is 62.9. The van der Waals surface area contributed by atoms with Crippen molar-refractivity contribution in [3.8, 4) is 0 Å². The maximum Gasteiger partial charge on any atom is 0.500 e. The van der Waals surface area contributed by atoms with Crippen LogP contribution < -0.4 is 10.6 Å². The predicted molar refractivity (Wildman–Crippen MR) is 223 cm³/mol. The number of nitrogens with zero attached hydrogens (tertiary/aromatic N) is 1. The summed E-state index contributed by atoms with van der Waals surface area (Å²) in [7, 11) is 11.1. The molecule has 336 valence electrons. The molecule has 1 saturated heterocycles. The number of hydrogen-bond acceptors (Lipinski definition) is 17. The average molecular weight is 864 g/mol. The lowest BCUT2D eigenvalue weighted by Crippen LogP contribution is -2.60. The first-order valence-electron chi connectivity index (χ1n) is 19.4. The highest BCUT2D eigenvalue weighted by atomic mass is 28.4. The van der Waals surface area contributed by atoms with Gasteiger partial charge in [0.2, 0.25) is 0 Å². The normalized spacial score (nSPS) is 16.0. The van der Waals surface area contributed by atoms with Crippen molar-refractivity contribution < 1.29 is 63.6 Å². The molecule has 0 aromatic carbocycles. The fourth-order valence-corrected chi connectivity index (χ4v) is 11.0. The fraction of sp³-hybridized carbons (Fsp3) is 0.944. The number of likely N-dealkylation sites (tertiary alicyclic amines) is 1. The highest BCUT2D eigenvalue weighted by molar-refractivity contribution is 6.61. The van der Waals surface area contributed by atoms with Crippen molar-refractivity contribution in [2.24, 2.45) is 0 Å². The Morgan fingerprint density at radius 1 is 0.589 bits per heavy atom. The van der Waals surface area contributed by atoms with Gasteiger partial charge < -0.3 is 64.7 Å². The molecule has 0 aliphatic carbocycles. The summed E-state index contributed by atoms with van der Waals surface area (Å²) >= 11 is 0. The zero-order valence-electron chi connectivity index (χ0n) is 37.8. The van der Waals surface area contributed by atoms with Crippen LogP contribution in [0.4, 0.5) is 0 Å². The lowest BCUT2D eigenvalue weighted by atomic mass is 9.79. The molecule has 0 bridgehead atoms. The van der Waals surface area contributed by atoms with Gasteiger partial charge in [0.1, 0.15) is 12.7 Å². The summed E-state index contributed by atoms with van der Waals surface area (Å²) in [6, 6.07) is 2.30. The first kappa shape index (κ1) is 57.2. The number of ether oxygens (including phenoxy) is 3. The van der Waals surface area contributed by atoms with Gasteiger partial charge in [-0.2, -0.15) is 0 Å². The summed E-state index contributed by atoms with van der Waals surface area (Å²) in [4.78, 5) is 25.9. The molecule has 0 radical (unpaired) electrons. The first-order valence-corrected chi connectivity index (χ1v) is 25.2. The minimum atomic E-state index is -2.50. The van der Waals surface area contributed by atoms with Gasteiger partial charge in [0, 0.05) is 126 Å². The molecule has 1 aliphatic rings. The smallest absolute Gasteiger partial charge is 0.463 e. The van der Waals surface area contributed by atoms with Gasteiger partial charge in [0.15, 0.2) is 0 Å². The van der Waals surface area contributed by atoms with Gasteiger partial charge in [0.25, 0.3) is 0 Å². The fourth-order valence-electron chi connectivity index (χ4n) is 6.20. The lowest BCUT2D eigenvalue weighted by Gasteiger charge is -2.53. The predicted octanol–water partition coefficient (Wildman–Crippen LogP) is 3.74. The van der Waals surface area contributed by atoms with Crippen LogP contribution in [0.3, 0.4) is 0 Å². The van der Waals surface area contributed by atoms with Crippen molar-refractivity contribution in [1.82, 2.24) is 15.5 Å². The van der Waals surface area contributed by atoms with Crippen molar-refractivity contribution in [2.45, 2.75) is 108 Å². The zero-order valence-corrected chi connectivity index (χ0v) is 40.8. The van der Waals surface area contributed by atoms with Crippen molar-refractivity contribution in [2.75, 3.05) is 118 Å². The largest absolute Gasteiger partial charge is 0.500 e. The molecular weight excluding hydrogens is 783 g/mol. The van der Waals surface area contributed by atoms with E-state index in [9.17, 15) is 9.59 Å². The Balaban J connectivity index is 0. The Morgan fingerprint density at radius 2 is 0.964 bits per heavy atom. The van der Waals surface area contributed by atoms with E-state index in [4.69, 9.17) is 54.0 Å². The summed E-state index contributed by atoms with van der Waals surface area (Å²) in [5.74, 6) is -0.345. The van der Waals surface area contributed by atoms with Gasteiger partial charge in [-0.3, -0.25) is 14.5 Å². The molecule has 0 spiro atoms. The van der Waals surface area contributed by atoms with Gasteiger partial charge in [-0.25, -0.2) is 0 Å². The van der Waals surface area contributed by atoms with E-state index in [-0.39, 0.29) is 29.1 Å². The van der Waals surface area contributed by atoms with Crippen molar-refractivity contribution >= 4 is 38.4 Å². The molecule has 0 saturated carbocycles. The van der Waals surface area contributed by atoms with E-state index < -0.39 is 26.4 Å². The van der Waals surface area contributed by atoms with E-state index >= 15 is 0 Å². The van der Waals surface area contributed by atoms with Crippen LogP contribution in [0, 0.1) is 0 Å². The van der Waals surface area contributed by atoms with Crippen LogP contribution in [0.25, 0.3) is 0 Å². The highest BCUT2D eigenvalue weighted by Gasteiger charge is 2.44. The number of nitrogens with one attached hydrogen (secondary N) is 2. The SMILES string of the molecule is CC[Si](OC)(OC)OC.COCCOC(=O)CCNCCC[Si](OC)(OC)OC.CO[Si](CCCNCCC(=O)OC1CC(C)(C)N(C)C(C)(C)C1)(OC)OC. The number of rotatable bonds is 28. The molecule has 0 aromatic rings. The molecule has 56 heavy (non-hydrogen) atoms. The highest BCUT2D eigenvalue weighted by Crippen LogP contribution is 2.38. The van der Waals surface area contributed by atoms with Crippen molar-refractivity contribution in [3.63, 3.8) is 0 Å². The van der Waals surface area contributed by atoms with Crippen molar-refractivity contribution in [3.05, 3.63) is 0 Å². The minimum absolute atomic E-state index is 0.0181. The molecule has 0 aromatic heterocycles. The van der Waals surface area contributed by atoms with E-state index in [0.717, 1.165) is 56.9 Å². The van der Waals surface area contributed by atoms with E-state index in [1.165, 1.54) is 0 Å². The third kappa shape index (κ3) is 22.4. The molecule has 0 unspecified atom stereocenters. The molecule has 1 fully saturated rings. The molecule has 0 atom stereocenters. The number of esters is 2. The Hall–Kier alpha value is -0.929. The second-order valence-corrected chi connectivity index (χ2v) is 23.8. The standard InChI is InChI=1S/C19H40N2O5Si.C12H27NO6Si.C5H14O3Si/c1-18(2)14-16(15-19(3,4)21(18)5)26-17(22)10-12-20-11-9-13-27(23-6,24-7)25-8;1-15-9-10-19-12(14)6-8-13-7-5-11-20(16-2,17-3)18-4;1-5-9(6-2,7-3)8-4/h16,20H,9-15H2,1-8H3;13H,5-11H2,1-4H3;5H2,1-4H3. The Labute approximate surface area is 342 Å². The lowest BCUT2D eigenvalue weighted by molar-refractivity contribution is -0.158. The number of methoxy groups -OCH3 is 1. The van der Waals surface area contributed by atoms with Crippen LogP contribution in [-0.2, 0) is 63.6 Å². The van der Waals surface area contributed by atoms with E-state index in [1.807, 2.05) is 6.92 Å². The number of carbonyl (C=O) groups excluding carboxylic acids is 2. The Bertz CT molecular complexity index is 955. The first-order chi connectivity index (χ1) is 26.4. The molecule has 1 aliphatic heterocycles. The summed E-state index contributed by atoms with van der Waals surface area (Å²) in [5, 5.41) is 6.46. The Kier molecular flexibility index (Phi) is 31.7. The summed E-state index contributed by atoms with van der Waals surface area (Å²) in [6.45, 7) is 14.3. The molecule has 2 N–H and O–H groups in total. The van der Waals surface area contributed by atoms with E-state index in [2.05, 4.69) is 50.3 Å². The minimum Gasteiger partial charge on any atom is -0.463 e. The van der Waals surface area contributed by atoms with Gasteiger partial charge >= 0.3 is 38.4 Å². The molecule has 1 heterocycles. The maximum absolute atomic E-state index is 12.2. The van der Waals surface area contributed by atoms with Crippen LogP contribution in [0.5, 0.6) is 0 Å². The maximum atomic E-state index is 12.2. The van der Waals surface area contributed by atoms with Crippen LogP contribution in [0.15, 0.2) is 0 Å². The van der Waals surface area contributed by atoms with Gasteiger partial charge in [0.05, 0.1) is 19.4 Å². The molecule has 1 rings (SSSR count). The van der Waals surface area contributed by atoms with Crippen LogP contribution in [-0.4, -0.2) is 178 Å². The molecule has 17 nitrogen and oxygen atoms in total. The second kappa shape index (κ2) is 31.0. The van der Waals surface area contributed by atoms with Crippen LogP contribution in [0.2, 0.25) is 18.1 Å². The summed E-state index contributed by atoms with van der Waals surface area (Å²) in [5.41, 5.74) is 0.0385. The van der Waals surface area contributed by atoms with Crippen LogP contribution in [0.1, 0.15) is 73.1 Å². The monoisotopic (exact) mass is 864 g/mol. The topological polar surface area (TPSA) is 172 Å². The van der Waals surface area contributed by atoms with Gasteiger partial charge in [-0.1, -0.05) is 6.92 Å².